The van der Waals surface area contributed by atoms with Gasteiger partial charge < -0.3 is 10.4 Å². The van der Waals surface area contributed by atoms with E-state index in [-0.39, 0.29) is 11.1 Å². The van der Waals surface area contributed by atoms with Gasteiger partial charge in [-0.05, 0) is 17.5 Å². The minimum Gasteiger partial charge on any atom is -0.391 e. The van der Waals surface area contributed by atoms with Gasteiger partial charge in [0.2, 0.25) is 0 Å². The lowest BCUT2D eigenvalue weighted by molar-refractivity contribution is -0.384. The number of nitro benzene ring substituents is 1. The number of hydrogen-bond donors (Lipinski definition) is 2. The van der Waals surface area contributed by atoms with Crippen LogP contribution in [0.3, 0.4) is 0 Å². The second-order valence-electron chi connectivity index (χ2n) is 6.39. The van der Waals surface area contributed by atoms with Crippen LogP contribution < -0.4 is 5.32 Å². The molecule has 1 aromatic carbocycles. The van der Waals surface area contributed by atoms with Crippen molar-refractivity contribution in [2.75, 3.05) is 11.9 Å². The molecule has 2 aromatic rings. The zero-order chi connectivity index (χ0) is 17.2. The number of non-ortho nitro benzene ring substituents is 1. The Morgan fingerprint density at radius 3 is 2.70 bits per heavy atom. The molecule has 0 aliphatic heterocycles. The second-order valence-corrected chi connectivity index (χ2v) is 6.39. The van der Waals surface area contributed by atoms with Crippen molar-refractivity contribution in [2.24, 2.45) is 5.41 Å². The van der Waals surface area contributed by atoms with Gasteiger partial charge in [0.05, 0.1) is 28.2 Å². The van der Waals surface area contributed by atoms with Crippen LogP contribution >= 0.6 is 0 Å². The van der Waals surface area contributed by atoms with E-state index in [4.69, 9.17) is 0 Å². The zero-order valence-corrected chi connectivity index (χ0v) is 13.2. The normalized spacial score (nSPS) is 12.7. The largest absolute Gasteiger partial charge is 0.391 e. The van der Waals surface area contributed by atoms with E-state index in [1.165, 1.54) is 24.3 Å². The van der Waals surface area contributed by atoms with Gasteiger partial charge in [0.25, 0.3) is 5.69 Å². The Bertz CT molecular complexity index is 790. The minimum absolute atomic E-state index is 0.0836. The van der Waals surface area contributed by atoms with Crippen LogP contribution in [0.25, 0.3) is 10.9 Å². The molecule has 2 rings (SSSR count). The molecule has 0 radical (unpaired) electrons. The average molecular weight is 314 g/mol. The number of pyridine rings is 1. The first-order chi connectivity index (χ1) is 10.7. The lowest BCUT2D eigenvalue weighted by atomic mass is 9.89. The predicted octanol–water partition coefficient (Wildman–Crippen LogP) is 2.83. The molecule has 0 aliphatic carbocycles. The van der Waals surface area contributed by atoms with Crippen molar-refractivity contribution in [3.63, 3.8) is 0 Å². The van der Waals surface area contributed by atoms with E-state index in [0.29, 0.717) is 28.8 Å². The fraction of sp³-hybridized carbons (Fsp3) is 0.375. The van der Waals surface area contributed by atoms with Crippen molar-refractivity contribution in [1.29, 1.82) is 5.26 Å². The third-order valence-corrected chi connectivity index (χ3v) is 3.60. The molecule has 0 unspecified atom stereocenters. The zero-order valence-electron chi connectivity index (χ0n) is 13.2. The fourth-order valence-electron chi connectivity index (χ4n) is 2.02. The molecule has 0 fully saturated rings. The molecule has 0 bridgehead atoms. The first kappa shape index (κ1) is 16.6. The Balaban J connectivity index is 2.35. The lowest BCUT2D eigenvalue weighted by Gasteiger charge is -2.26. The standard InChI is InChI=1S/C16H18N4O3/c1-16(2,3)14(21)9-18-15-6-10(8-17)12-7-11(20(22)23)4-5-13(12)19-15/h4-7,14,21H,9H2,1-3H3,(H,18,19)/t14-/m1/s1. The molecule has 0 saturated heterocycles. The van der Waals surface area contributed by atoms with Crippen molar-refractivity contribution in [3.8, 4) is 6.07 Å². The highest BCUT2D eigenvalue weighted by Gasteiger charge is 2.22. The first-order valence-corrected chi connectivity index (χ1v) is 7.13. The molecule has 7 nitrogen and oxygen atoms in total. The Morgan fingerprint density at radius 1 is 1.43 bits per heavy atom. The highest BCUT2D eigenvalue weighted by atomic mass is 16.6. The molecule has 7 heteroatoms. The lowest BCUT2D eigenvalue weighted by Crippen LogP contribution is -2.33. The van der Waals surface area contributed by atoms with Gasteiger partial charge in [-0.25, -0.2) is 4.98 Å². The van der Waals surface area contributed by atoms with Gasteiger partial charge in [0.1, 0.15) is 5.82 Å². The molecule has 0 amide bonds. The van der Waals surface area contributed by atoms with E-state index in [0.717, 1.165) is 0 Å². The maximum Gasteiger partial charge on any atom is 0.270 e. The number of aromatic nitrogens is 1. The van der Waals surface area contributed by atoms with E-state index in [1.807, 2.05) is 26.8 Å². The van der Waals surface area contributed by atoms with E-state index >= 15 is 0 Å². The van der Waals surface area contributed by atoms with Crippen LogP contribution in [0.4, 0.5) is 11.5 Å². The smallest absolute Gasteiger partial charge is 0.270 e. The first-order valence-electron chi connectivity index (χ1n) is 7.13. The highest BCUT2D eigenvalue weighted by molar-refractivity contribution is 5.88. The summed E-state index contributed by atoms with van der Waals surface area (Å²) >= 11 is 0. The molecule has 1 atom stereocenters. The number of nitriles is 1. The summed E-state index contributed by atoms with van der Waals surface area (Å²) in [6, 6.07) is 7.77. The monoisotopic (exact) mass is 314 g/mol. The molecule has 23 heavy (non-hydrogen) atoms. The Labute approximate surface area is 133 Å². The van der Waals surface area contributed by atoms with Crippen molar-refractivity contribution in [1.82, 2.24) is 4.98 Å². The van der Waals surface area contributed by atoms with E-state index in [9.17, 15) is 20.5 Å². The van der Waals surface area contributed by atoms with E-state index in [1.54, 1.807) is 0 Å². The van der Waals surface area contributed by atoms with Crippen molar-refractivity contribution >= 4 is 22.4 Å². The van der Waals surface area contributed by atoms with Crippen molar-refractivity contribution in [3.05, 3.63) is 39.9 Å². The molecular weight excluding hydrogens is 296 g/mol. The van der Waals surface area contributed by atoms with Crippen molar-refractivity contribution in [2.45, 2.75) is 26.9 Å². The predicted molar refractivity (Wildman–Crippen MR) is 87.1 cm³/mol. The second kappa shape index (κ2) is 6.18. The van der Waals surface area contributed by atoms with Crippen LogP contribution in [0.1, 0.15) is 26.3 Å². The summed E-state index contributed by atoms with van der Waals surface area (Å²) in [5, 5.41) is 33.6. The van der Waals surface area contributed by atoms with Gasteiger partial charge in [-0.3, -0.25) is 10.1 Å². The van der Waals surface area contributed by atoms with Gasteiger partial charge in [-0.15, -0.1) is 0 Å². The number of hydrogen-bond acceptors (Lipinski definition) is 6. The fourth-order valence-corrected chi connectivity index (χ4v) is 2.02. The molecule has 2 N–H and O–H groups in total. The molecular formula is C16H18N4O3. The molecule has 0 spiro atoms. The summed E-state index contributed by atoms with van der Waals surface area (Å²) in [4.78, 5) is 14.7. The van der Waals surface area contributed by atoms with Gasteiger partial charge >= 0.3 is 0 Å². The Morgan fingerprint density at radius 2 is 2.13 bits per heavy atom. The summed E-state index contributed by atoms with van der Waals surface area (Å²) in [6.45, 7) is 6.06. The maximum atomic E-state index is 10.8. The molecule has 1 heterocycles. The minimum atomic E-state index is -0.581. The van der Waals surface area contributed by atoms with Crippen LogP contribution in [0.15, 0.2) is 24.3 Å². The average Bonchev–Trinajstić information content (AvgIpc) is 2.50. The van der Waals surface area contributed by atoms with Crippen LogP contribution in [-0.2, 0) is 0 Å². The summed E-state index contributed by atoms with van der Waals surface area (Å²) < 4.78 is 0. The molecule has 0 saturated carbocycles. The number of aliphatic hydroxyl groups excluding tert-OH is 1. The summed E-state index contributed by atoms with van der Waals surface area (Å²) in [5.41, 5.74) is 0.427. The number of anilines is 1. The van der Waals surface area contributed by atoms with Crippen molar-refractivity contribution < 1.29 is 10.0 Å². The third-order valence-electron chi connectivity index (χ3n) is 3.60. The van der Waals surface area contributed by atoms with E-state index < -0.39 is 11.0 Å². The summed E-state index contributed by atoms with van der Waals surface area (Å²) in [7, 11) is 0. The Kier molecular flexibility index (Phi) is 4.48. The topological polar surface area (TPSA) is 112 Å². The van der Waals surface area contributed by atoms with Gasteiger partial charge in [0, 0.05) is 24.1 Å². The van der Waals surface area contributed by atoms with Crippen LogP contribution in [0.2, 0.25) is 0 Å². The molecule has 0 aliphatic rings. The number of nitrogens with zero attached hydrogens (tertiary/aromatic N) is 3. The molecule has 1 aromatic heterocycles. The highest BCUT2D eigenvalue weighted by Crippen LogP contribution is 2.25. The molecule has 120 valence electrons. The quantitative estimate of drug-likeness (QED) is 0.663. The van der Waals surface area contributed by atoms with Gasteiger partial charge in [0.15, 0.2) is 0 Å². The third kappa shape index (κ3) is 3.73. The number of rotatable bonds is 4. The van der Waals surface area contributed by atoms with E-state index in [2.05, 4.69) is 10.3 Å². The number of aliphatic hydroxyl groups is 1. The number of nitrogens with one attached hydrogen (secondary N) is 1. The Hall–Kier alpha value is -2.72. The number of benzene rings is 1. The van der Waals surface area contributed by atoms with Crippen LogP contribution in [0.5, 0.6) is 0 Å². The van der Waals surface area contributed by atoms with Gasteiger partial charge in [-0.1, -0.05) is 20.8 Å². The number of fused-ring (bicyclic) bond motifs is 1. The summed E-state index contributed by atoms with van der Waals surface area (Å²) in [5.74, 6) is 0.450. The van der Waals surface area contributed by atoms with Gasteiger partial charge in [-0.2, -0.15) is 5.26 Å². The SMILES string of the molecule is CC(C)(C)[C@H](O)CNc1cc(C#N)c2cc([N+](=O)[O-])ccc2n1. The number of nitro groups is 1. The van der Waals surface area contributed by atoms with Crippen LogP contribution in [0, 0.1) is 26.9 Å². The summed E-state index contributed by atoms with van der Waals surface area (Å²) in [6.07, 6.45) is -0.581. The van der Waals surface area contributed by atoms with Crippen LogP contribution in [-0.4, -0.2) is 27.7 Å². The maximum absolute atomic E-state index is 10.8.